The summed E-state index contributed by atoms with van der Waals surface area (Å²) in [6.45, 7) is 0.753. The number of carboxylic acids is 1. The normalized spacial score (nSPS) is 12.6. The Balaban J connectivity index is 1.73. The smallest absolute Gasteiger partial charge is 0.416 e. The fourth-order valence-corrected chi connectivity index (χ4v) is 2.40. The Morgan fingerprint density at radius 2 is 1.85 bits per heavy atom. The van der Waals surface area contributed by atoms with Gasteiger partial charge in [-0.05, 0) is 35.4 Å². The van der Waals surface area contributed by atoms with Crippen molar-refractivity contribution >= 4 is 5.97 Å². The highest BCUT2D eigenvalue weighted by molar-refractivity contribution is 5.70. The van der Waals surface area contributed by atoms with E-state index in [1.165, 1.54) is 12.1 Å². The van der Waals surface area contributed by atoms with Crippen LogP contribution in [0.2, 0.25) is 0 Å². The lowest BCUT2D eigenvalue weighted by Crippen LogP contribution is -2.26. The molecule has 0 aliphatic carbocycles. The van der Waals surface area contributed by atoms with Crippen molar-refractivity contribution in [2.45, 2.75) is 18.7 Å². The van der Waals surface area contributed by atoms with Gasteiger partial charge in [-0.2, -0.15) is 13.2 Å². The number of carbonyl (C=O) groups is 1. The van der Waals surface area contributed by atoms with Gasteiger partial charge in [0.25, 0.3) is 0 Å². The van der Waals surface area contributed by atoms with Crippen LogP contribution >= 0.6 is 0 Å². The van der Waals surface area contributed by atoms with E-state index in [-0.39, 0.29) is 25.1 Å². The molecule has 0 saturated carbocycles. The first-order valence-corrected chi connectivity index (χ1v) is 8.25. The van der Waals surface area contributed by atoms with Crippen LogP contribution in [0.3, 0.4) is 0 Å². The number of hydrogen-bond donors (Lipinski definition) is 3. The number of aliphatic hydroxyl groups is 1. The maximum absolute atomic E-state index is 12.7. The molecule has 8 heteroatoms. The van der Waals surface area contributed by atoms with Crippen molar-refractivity contribution in [1.29, 1.82) is 0 Å². The molecule has 0 aromatic heterocycles. The summed E-state index contributed by atoms with van der Waals surface area (Å²) in [5.41, 5.74) is 0.0539. The Labute approximate surface area is 154 Å². The second-order valence-electron chi connectivity index (χ2n) is 5.91. The molecule has 2 aromatic carbocycles. The summed E-state index contributed by atoms with van der Waals surface area (Å²) in [4.78, 5) is 10.6. The highest BCUT2D eigenvalue weighted by Gasteiger charge is 2.30. The third-order valence-corrected chi connectivity index (χ3v) is 3.76. The molecule has 0 fully saturated rings. The predicted molar refractivity (Wildman–Crippen MR) is 92.6 cm³/mol. The van der Waals surface area contributed by atoms with Crippen LogP contribution < -0.4 is 10.1 Å². The molecule has 0 heterocycles. The van der Waals surface area contributed by atoms with E-state index in [2.05, 4.69) is 5.32 Å². The number of benzene rings is 2. The van der Waals surface area contributed by atoms with Gasteiger partial charge < -0.3 is 20.3 Å². The summed E-state index contributed by atoms with van der Waals surface area (Å²) in [6, 6.07) is 11.2. The van der Waals surface area contributed by atoms with Crippen molar-refractivity contribution in [1.82, 2.24) is 5.32 Å². The molecule has 2 aromatic rings. The van der Waals surface area contributed by atoms with Crippen LogP contribution in [-0.4, -0.2) is 35.9 Å². The van der Waals surface area contributed by atoms with Crippen LogP contribution in [-0.2, 0) is 17.4 Å². The van der Waals surface area contributed by atoms with E-state index in [9.17, 15) is 23.1 Å². The lowest BCUT2D eigenvalue weighted by atomic mass is 10.1. The van der Waals surface area contributed by atoms with Gasteiger partial charge in [0, 0.05) is 13.1 Å². The first-order valence-electron chi connectivity index (χ1n) is 8.25. The van der Waals surface area contributed by atoms with Crippen LogP contribution in [0.4, 0.5) is 13.2 Å². The van der Waals surface area contributed by atoms with E-state index >= 15 is 0 Å². The Kier molecular flexibility index (Phi) is 7.20. The highest BCUT2D eigenvalue weighted by Crippen LogP contribution is 2.30. The molecule has 146 valence electrons. The summed E-state index contributed by atoms with van der Waals surface area (Å²) in [5.74, 6) is -0.337. The van der Waals surface area contributed by atoms with Gasteiger partial charge in [-0.25, -0.2) is 0 Å². The van der Waals surface area contributed by atoms with Gasteiger partial charge in [-0.15, -0.1) is 0 Å². The zero-order chi connectivity index (χ0) is 19.9. The zero-order valence-electron chi connectivity index (χ0n) is 14.4. The van der Waals surface area contributed by atoms with Crippen LogP contribution in [0.1, 0.15) is 22.8 Å². The fourth-order valence-electron chi connectivity index (χ4n) is 2.40. The van der Waals surface area contributed by atoms with E-state index in [4.69, 9.17) is 9.84 Å². The van der Waals surface area contributed by atoms with Crippen molar-refractivity contribution < 1.29 is 32.9 Å². The number of rotatable bonds is 9. The Morgan fingerprint density at radius 1 is 1.15 bits per heavy atom. The van der Waals surface area contributed by atoms with Crippen LogP contribution in [0, 0.1) is 0 Å². The topological polar surface area (TPSA) is 78.8 Å². The summed E-state index contributed by atoms with van der Waals surface area (Å²) >= 11 is 0. The van der Waals surface area contributed by atoms with Crippen molar-refractivity contribution in [3.05, 3.63) is 65.2 Å². The first-order chi connectivity index (χ1) is 12.8. The van der Waals surface area contributed by atoms with Crippen molar-refractivity contribution in [2.75, 3.05) is 19.7 Å². The van der Waals surface area contributed by atoms with Gasteiger partial charge in [0.15, 0.2) is 0 Å². The molecule has 0 amide bonds. The third-order valence-electron chi connectivity index (χ3n) is 3.76. The standard InChI is InChI=1S/C19H20F3NO4/c20-19(21,22)15-3-1-2-14(11-15)17(24)12-23-8-9-27-16-6-4-13(5-7-16)10-18(25)26/h1-7,11,17,23-24H,8-10,12H2,(H,25,26). The summed E-state index contributed by atoms with van der Waals surface area (Å²) < 4.78 is 43.5. The second kappa shape index (κ2) is 9.38. The van der Waals surface area contributed by atoms with E-state index < -0.39 is 23.8 Å². The number of halogens is 3. The van der Waals surface area contributed by atoms with Gasteiger partial charge in [-0.3, -0.25) is 4.79 Å². The number of aliphatic carboxylic acids is 1. The van der Waals surface area contributed by atoms with Crippen LogP contribution in [0.5, 0.6) is 5.75 Å². The van der Waals surface area contributed by atoms with E-state index in [1.54, 1.807) is 24.3 Å². The Bertz CT molecular complexity index is 747. The Hall–Kier alpha value is -2.58. The average molecular weight is 383 g/mol. The summed E-state index contributed by atoms with van der Waals surface area (Å²) in [7, 11) is 0. The zero-order valence-corrected chi connectivity index (χ0v) is 14.4. The minimum absolute atomic E-state index is 0.0603. The molecule has 0 radical (unpaired) electrons. The fraction of sp³-hybridized carbons (Fsp3) is 0.316. The highest BCUT2D eigenvalue weighted by atomic mass is 19.4. The molecule has 0 saturated heterocycles. The molecular weight excluding hydrogens is 363 g/mol. The van der Waals surface area contributed by atoms with Crippen molar-refractivity contribution in [3.8, 4) is 5.75 Å². The molecule has 27 heavy (non-hydrogen) atoms. The molecule has 1 atom stereocenters. The Morgan fingerprint density at radius 3 is 2.48 bits per heavy atom. The first kappa shape index (κ1) is 20.7. The van der Waals surface area contributed by atoms with Gasteiger partial charge in [-0.1, -0.05) is 24.3 Å². The van der Waals surface area contributed by atoms with Crippen molar-refractivity contribution in [3.63, 3.8) is 0 Å². The third kappa shape index (κ3) is 6.92. The van der Waals surface area contributed by atoms with Gasteiger partial charge in [0.05, 0.1) is 18.1 Å². The minimum Gasteiger partial charge on any atom is -0.492 e. The average Bonchev–Trinajstić information content (AvgIpc) is 2.61. The van der Waals surface area contributed by atoms with Gasteiger partial charge >= 0.3 is 12.1 Å². The monoisotopic (exact) mass is 383 g/mol. The maximum Gasteiger partial charge on any atom is 0.416 e. The van der Waals surface area contributed by atoms with E-state index in [0.717, 1.165) is 12.1 Å². The maximum atomic E-state index is 12.7. The molecule has 2 rings (SSSR count). The number of aliphatic hydroxyl groups excluding tert-OH is 1. The number of carboxylic acid groups (broad SMARTS) is 1. The second-order valence-corrected chi connectivity index (χ2v) is 5.91. The molecular formula is C19H20F3NO4. The number of alkyl halides is 3. The number of ether oxygens (including phenoxy) is 1. The molecule has 1 unspecified atom stereocenters. The molecule has 0 aliphatic heterocycles. The van der Waals surface area contributed by atoms with Crippen LogP contribution in [0.15, 0.2) is 48.5 Å². The summed E-state index contributed by atoms with van der Waals surface area (Å²) in [6.07, 6.45) is -5.57. The molecule has 0 spiro atoms. The predicted octanol–water partition coefficient (Wildman–Crippen LogP) is 3.03. The van der Waals surface area contributed by atoms with Gasteiger partial charge in [0.1, 0.15) is 12.4 Å². The lowest BCUT2D eigenvalue weighted by Gasteiger charge is -2.15. The quantitative estimate of drug-likeness (QED) is 0.580. The molecule has 0 aliphatic rings. The number of nitrogens with one attached hydrogen (secondary N) is 1. The van der Waals surface area contributed by atoms with Crippen molar-refractivity contribution in [2.24, 2.45) is 0 Å². The molecule has 5 nitrogen and oxygen atoms in total. The largest absolute Gasteiger partial charge is 0.492 e. The van der Waals surface area contributed by atoms with E-state index in [1.807, 2.05) is 0 Å². The van der Waals surface area contributed by atoms with E-state index in [0.29, 0.717) is 17.9 Å². The molecule has 3 N–H and O–H groups in total. The van der Waals surface area contributed by atoms with Gasteiger partial charge in [0.2, 0.25) is 0 Å². The SMILES string of the molecule is O=C(O)Cc1ccc(OCCNCC(O)c2cccc(C(F)(F)F)c2)cc1. The number of hydrogen-bond acceptors (Lipinski definition) is 4. The lowest BCUT2D eigenvalue weighted by molar-refractivity contribution is -0.138. The summed E-state index contributed by atoms with van der Waals surface area (Å²) in [5, 5.41) is 21.6. The van der Waals surface area contributed by atoms with Crippen LogP contribution in [0.25, 0.3) is 0 Å². The minimum atomic E-state index is -4.45. The molecule has 0 bridgehead atoms.